The number of hydrogen-bond donors (Lipinski definition) is 0. The number of pyridine rings is 1. The molecule has 0 fully saturated rings. The fraction of sp³-hybridized carbons (Fsp3) is 0.367. The number of halogens is 6. The summed E-state index contributed by atoms with van der Waals surface area (Å²) >= 11 is 0. The molecule has 0 N–H and O–H groups in total. The second-order valence-corrected chi connectivity index (χ2v) is 9.94. The average molecular weight is 635 g/mol. The van der Waals surface area contributed by atoms with Crippen LogP contribution in [0.2, 0.25) is 0 Å². The van der Waals surface area contributed by atoms with Crippen LogP contribution < -0.4 is 14.5 Å². The molecular weight excluding hydrogens is 606 g/mol. The van der Waals surface area contributed by atoms with Gasteiger partial charge in [0.15, 0.2) is 6.20 Å². The standard InChI is InChI=1S/C30H28F6N6O3/c1-5-22-14-24(26-23(7-8-25(40-26)44-4)42(22)28(43)45-6-2)41(27-38-15-18(16-39-27)9-10-37-3)17-19-11-20(29(31,32)33)13-21(12-19)30(34,35)36/h7-13,15-16,22,24H,5-6,14,17H2,1-2,4H3/t22-,24+/m1/s1. The van der Waals surface area contributed by atoms with Gasteiger partial charge in [-0.3, -0.25) is 4.90 Å². The Bertz CT molecular complexity index is 1550. The van der Waals surface area contributed by atoms with Gasteiger partial charge in [-0.15, -0.1) is 0 Å². The second-order valence-electron chi connectivity index (χ2n) is 9.94. The summed E-state index contributed by atoms with van der Waals surface area (Å²) < 4.78 is 93.1. The molecule has 2 aromatic heterocycles. The van der Waals surface area contributed by atoms with E-state index in [4.69, 9.17) is 16.0 Å². The molecule has 3 aromatic rings. The number of aromatic nitrogens is 3. The lowest BCUT2D eigenvalue weighted by atomic mass is 9.92. The molecule has 238 valence electrons. The van der Waals surface area contributed by atoms with E-state index in [1.807, 2.05) is 6.92 Å². The molecule has 0 unspecified atom stereocenters. The predicted molar refractivity (Wildman–Crippen MR) is 152 cm³/mol. The number of nitrogens with zero attached hydrogens (tertiary/aromatic N) is 6. The van der Waals surface area contributed by atoms with Gasteiger partial charge in [-0.05, 0) is 49.6 Å². The van der Waals surface area contributed by atoms with Gasteiger partial charge in [-0.1, -0.05) is 13.0 Å². The molecule has 0 bridgehead atoms. The van der Waals surface area contributed by atoms with Crippen molar-refractivity contribution >= 4 is 23.8 Å². The van der Waals surface area contributed by atoms with Crippen LogP contribution in [0.3, 0.4) is 0 Å². The summed E-state index contributed by atoms with van der Waals surface area (Å²) in [6, 6.07) is 3.17. The molecule has 0 saturated heterocycles. The number of fused-ring (bicyclic) bond motifs is 1. The zero-order chi connectivity index (χ0) is 32.9. The molecule has 4 rings (SSSR count). The van der Waals surface area contributed by atoms with Gasteiger partial charge in [-0.2, -0.15) is 26.3 Å². The number of rotatable bonds is 8. The van der Waals surface area contributed by atoms with E-state index in [0.29, 0.717) is 29.8 Å². The molecule has 0 aliphatic carbocycles. The summed E-state index contributed by atoms with van der Waals surface area (Å²) in [5, 5.41) is 0. The van der Waals surface area contributed by atoms with E-state index < -0.39 is 48.2 Å². The highest BCUT2D eigenvalue weighted by atomic mass is 19.4. The fourth-order valence-corrected chi connectivity index (χ4v) is 5.06. The molecule has 3 heterocycles. The number of alkyl halides is 6. The second kappa shape index (κ2) is 13.4. The third-order valence-corrected chi connectivity index (χ3v) is 7.09. The number of anilines is 2. The number of ether oxygens (including phenoxy) is 2. The Kier molecular flexibility index (Phi) is 9.84. The molecule has 0 saturated carbocycles. The lowest BCUT2D eigenvalue weighted by Gasteiger charge is -2.43. The van der Waals surface area contributed by atoms with Gasteiger partial charge in [0.1, 0.15) is 0 Å². The van der Waals surface area contributed by atoms with Crippen molar-refractivity contribution < 1.29 is 40.6 Å². The van der Waals surface area contributed by atoms with Gasteiger partial charge in [0, 0.05) is 36.6 Å². The van der Waals surface area contributed by atoms with Gasteiger partial charge >= 0.3 is 18.4 Å². The number of carbonyl (C=O) groups excluding carboxylic acids is 1. The SMILES string of the molecule is [C-]#[N+]C=Cc1cnc(N(Cc2cc(C(F)(F)F)cc(C(F)(F)F)c2)[C@H]2C[C@@H](CC)N(C(=O)OCC)c3ccc(OC)nc32)nc1. The van der Waals surface area contributed by atoms with Crippen molar-refractivity contribution in [2.24, 2.45) is 0 Å². The van der Waals surface area contributed by atoms with Gasteiger partial charge in [0.25, 0.3) is 0 Å². The third-order valence-electron chi connectivity index (χ3n) is 7.09. The highest BCUT2D eigenvalue weighted by Gasteiger charge is 2.42. The smallest absolute Gasteiger partial charge is 0.416 e. The minimum Gasteiger partial charge on any atom is -0.481 e. The van der Waals surface area contributed by atoms with Crippen LogP contribution in [-0.4, -0.2) is 40.8 Å². The van der Waals surface area contributed by atoms with E-state index in [1.165, 1.54) is 47.6 Å². The molecule has 9 nitrogen and oxygen atoms in total. The topological polar surface area (TPSA) is 85.0 Å². The zero-order valence-corrected chi connectivity index (χ0v) is 24.4. The molecule has 1 amide bonds. The summed E-state index contributed by atoms with van der Waals surface area (Å²) in [4.78, 5) is 32.3. The predicted octanol–water partition coefficient (Wildman–Crippen LogP) is 7.70. The van der Waals surface area contributed by atoms with Crippen molar-refractivity contribution in [1.82, 2.24) is 15.0 Å². The quantitative estimate of drug-likeness (QED) is 0.186. The van der Waals surface area contributed by atoms with Crippen molar-refractivity contribution in [2.45, 2.75) is 57.7 Å². The van der Waals surface area contributed by atoms with Crippen molar-refractivity contribution in [3.05, 3.63) is 88.3 Å². The van der Waals surface area contributed by atoms with Crippen LogP contribution in [0.4, 0.5) is 42.8 Å². The number of methoxy groups -OCH3 is 1. The monoisotopic (exact) mass is 634 g/mol. The van der Waals surface area contributed by atoms with Crippen LogP contribution in [-0.2, 0) is 23.6 Å². The Balaban J connectivity index is 1.93. The highest BCUT2D eigenvalue weighted by molar-refractivity contribution is 5.90. The molecule has 2 atom stereocenters. The maximum absolute atomic E-state index is 13.8. The minimum absolute atomic E-state index is 0.0269. The van der Waals surface area contributed by atoms with Gasteiger partial charge in [-0.25, -0.2) is 24.6 Å². The summed E-state index contributed by atoms with van der Waals surface area (Å²) in [5.74, 6) is 0.136. The highest BCUT2D eigenvalue weighted by Crippen LogP contribution is 2.44. The molecule has 15 heteroatoms. The maximum atomic E-state index is 13.8. The van der Waals surface area contributed by atoms with Crippen LogP contribution in [0.15, 0.2) is 48.9 Å². The third kappa shape index (κ3) is 7.44. The molecule has 1 aliphatic heterocycles. The van der Waals surface area contributed by atoms with Crippen molar-refractivity contribution in [3.63, 3.8) is 0 Å². The summed E-state index contributed by atoms with van der Waals surface area (Å²) in [5.41, 5.74) is -2.19. The lowest BCUT2D eigenvalue weighted by molar-refractivity contribution is -0.143. The first-order chi connectivity index (χ1) is 21.3. The molecule has 0 spiro atoms. The summed E-state index contributed by atoms with van der Waals surface area (Å²) in [6.07, 6.45) is -4.79. The average Bonchev–Trinajstić information content (AvgIpc) is 3.01. The summed E-state index contributed by atoms with van der Waals surface area (Å²) in [6.45, 7) is 10.0. The van der Waals surface area contributed by atoms with Gasteiger partial charge in [0.2, 0.25) is 11.8 Å². The molecule has 0 radical (unpaired) electrons. The van der Waals surface area contributed by atoms with Gasteiger partial charge in [0.05, 0.1) is 48.8 Å². The van der Waals surface area contributed by atoms with E-state index in [2.05, 4.69) is 19.8 Å². The maximum Gasteiger partial charge on any atom is 0.416 e. The van der Waals surface area contributed by atoms with Crippen molar-refractivity contribution in [2.75, 3.05) is 23.5 Å². The van der Waals surface area contributed by atoms with Crippen LogP contribution in [0.5, 0.6) is 5.88 Å². The van der Waals surface area contributed by atoms with Crippen LogP contribution in [0.25, 0.3) is 10.9 Å². The normalized spacial score (nSPS) is 16.7. The Hall–Kier alpha value is -4.87. The molecule has 1 aliphatic rings. The Labute approximate surface area is 254 Å². The first kappa shape index (κ1) is 33.0. The van der Waals surface area contributed by atoms with E-state index in [1.54, 1.807) is 13.0 Å². The van der Waals surface area contributed by atoms with Crippen molar-refractivity contribution in [1.29, 1.82) is 0 Å². The van der Waals surface area contributed by atoms with E-state index >= 15 is 0 Å². The molecular formula is C30H28F6N6O3. The van der Waals surface area contributed by atoms with E-state index in [9.17, 15) is 31.1 Å². The number of hydrogen-bond acceptors (Lipinski definition) is 7. The minimum atomic E-state index is -5.05. The molecule has 1 aromatic carbocycles. The molecule has 45 heavy (non-hydrogen) atoms. The Morgan fingerprint density at radius 2 is 1.73 bits per heavy atom. The number of carbonyl (C=O) groups is 1. The number of benzene rings is 1. The van der Waals surface area contributed by atoms with E-state index in [0.717, 1.165) is 0 Å². The summed E-state index contributed by atoms with van der Waals surface area (Å²) in [7, 11) is 1.38. The van der Waals surface area contributed by atoms with Crippen LogP contribution in [0.1, 0.15) is 60.7 Å². The lowest BCUT2D eigenvalue weighted by Crippen LogP contribution is -2.48. The number of amides is 1. The van der Waals surface area contributed by atoms with E-state index in [-0.39, 0.29) is 42.2 Å². The Morgan fingerprint density at radius 1 is 1.09 bits per heavy atom. The fourth-order valence-electron chi connectivity index (χ4n) is 5.06. The first-order valence-electron chi connectivity index (χ1n) is 13.7. The van der Waals surface area contributed by atoms with Crippen molar-refractivity contribution in [3.8, 4) is 5.88 Å². The zero-order valence-electron chi connectivity index (χ0n) is 24.4. The van der Waals surface area contributed by atoms with Crippen LogP contribution >= 0.6 is 0 Å². The Morgan fingerprint density at radius 3 is 2.27 bits per heavy atom. The van der Waals surface area contributed by atoms with Crippen LogP contribution in [0, 0.1) is 6.57 Å². The first-order valence-corrected chi connectivity index (χ1v) is 13.7. The largest absolute Gasteiger partial charge is 0.481 e. The van der Waals surface area contributed by atoms with Gasteiger partial charge < -0.3 is 14.4 Å².